The van der Waals surface area contributed by atoms with Gasteiger partial charge in [0.25, 0.3) is 5.56 Å². The largest absolute Gasteiger partial charge is 0.383 e. The van der Waals surface area contributed by atoms with Crippen LogP contribution in [0.1, 0.15) is 43.0 Å². The fraction of sp³-hybridized carbons (Fsp3) is 0.438. The Morgan fingerprint density at radius 3 is 2.64 bits per heavy atom. The summed E-state index contributed by atoms with van der Waals surface area (Å²) in [5, 5.41) is 15.2. The summed E-state index contributed by atoms with van der Waals surface area (Å²) in [6, 6.07) is 11.6. The number of piperazine rings is 1. The molecule has 5 aliphatic rings. The number of likely N-dealkylation sites (N-methyl/N-ethyl adjacent to an activating group) is 1. The molecule has 1 saturated carbocycles. The van der Waals surface area contributed by atoms with Crippen molar-refractivity contribution in [2.75, 3.05) is 30.4 Å². The van der Waals surface area contributed by atoms with E-state index in [2.05, 4.69) is 58.9 Å². The van der Waals surface area contributed by atoms with E-state index in [1.807, 2.05) is 19.1 Å². The molecule has 6 heterocycles. The Labute approximate surface area is 244 Å². The zero-order chi connectivity index (χ0) is 29.0. The predicted molar refractivity (Wildman–Crippen MR) is 163 cm³/mol. The standard InChI is InChI=1S/C32H36N8O2/c1-5-12-39-29(41)24-16-33-30(34-21-7-8-25(19(2)13-21)38-17-22-14-23(18-38)37(22)4)36-28(24)40(39)26-9-6-20-15-32(10-11-32)31(3,42)27(20)35-26/h5-9,13,16,22-23,42H,1,10-12,14-15,17-18H2,2-4H3,(H,33,34,36). The van der Waals surface area contributed by atoms with Gasteiger partial charge in [-0.1, -0.05) is 12.1 Å². The Morgan fingerprint density at radius 2 is 1.95 bits per heavy atom. The Bertz CT molecular complexity index is 1820. The molecule has 2 bridgehead atoms. The summed E-state index contributed by atoms with van der Waals surface area (Å²) in [4.78, 5) is 32.7. The van der Waals surface area contributed by atoms with Gasteiger partial charge >= 0.3 is 0 Å². The maximum atomic E-state index is 13.4. The van der Waals surface area contributed by atoms with Gasteiger partial charge in [-0.25, -0.2) is 19.3 Å². The van der Waals surface area contributed by atoms with Crippen molar-refractivity contribution in [3.8, 4) is 5.82 Å². The van der Waals surface area contributed by atoms with E-state index in [0.717, 1.165) is 43.6 Å². The number of anilines is 3. The molecule has 4 fully saturated rings. The second-order valence-corrected chi connectivity index (χ2v) is 12.9. The Morgan fingerprint density at radius 1 is 1.17 bits per heavy atom. The monoisotopic (exact) mass is 564 g/mol. The second-order valence-electron chi connectivity index (χ2n) is 12.9. The number of rotatable bonds is 6. The number of fused-ring (bicyclic) bond motifs is 4. The molecule has 2 aliphatic carbocycles. The van der Waals surface area contributed by atoms with Gasteiger partial charge in [-0.05, 0) is 82.0 Å². The molecule has 216 valence electrons. The van der Waals surface area contributed by atoms with E-state index >= 15 is 0 Å². The van der Waals surface area contributed by atoms with Gasteiger partial charge in [0.1, 0.15) is 11.0 Å². The van der Waals surface area contributed by atoms with Crippen molar-refractivity contribution in [1.82, 2.24) is 29.2 Å². The number of hydrogen-bond acceptors (Lipinski definition) is 8. The lowest BCUT2D eigenvalue weighted by Crippen LogP contribution is -2.67. The van der Waals surface area contributed by atoms with Crippen molar-refractivity contribution in [3.05, 3.63) is 76.4 Å². The molecule has 0 radical (unpaired) electrons. The first-order valence-electron chi connectivity index (χ1n) is 14.9. The number of hydrogen-bond donors (Lipinski definition) is 2. The third-order valence-corrected chi connectivity index (χ3v) is 10.4. The molecule has 10 heteroatoms. The molecule has 9 rings (SSSR count). The number of pyridine rings is 1. The quantitative estimate of drug-likeness (QED) is 0.342. The van der Waals surface area contributed by atoms with Gasteiger partial charge in [0.2, 0.25) is 5.95 Å². The lowest BCUT2D eigenvalue weighted by molar-refractivity contribution is -0.0102. The van der Waals surface area contributed by atoms with Crippen LogP contribution in [-0.2, 0) is 18.6 Å². The topological polar surface area (TPSA) is 104 Å². The highest BCUT2D eigenvalue weighted by Crippen LogP contribution is 2.64. The van der Waals surface area contributed by atoms with E-state index in [-0.39, 0.29) is 17.5 Å². The first-order valence-corrected chi connectivity index (χ1v) is 14.9. The van der Waals surface area contributed by atoms with E-state index in [0.29, 0.717) is 40.6 Å². The van der Waals surface area contributed by atoms with Gasteiger partial charge in [0.05, 0.1) is 12.2 Å². The smallest absolute Gasteiger partial charge is 0.278 e. The number of benzene rings is 1. The van der Waals surface area contributed by atoms with Crippen LogP contribution >= 0.6 is 0 Å². The predicted octanol–water partition coefficient (Wildman–Crippen LogP) is 3.65. The van der Waals surface area contributed by atoms with Gasteiger partial charge in [-0.2, -0.15) is 4.98 Å². The zero-order valence-corrected chi connectivity index (χ0v) is 24.3. The maximum Gasteiger partial charge on any atom is 0.278 e. The minimum Gasteiger partial charge on any atom is -0.383 e. The van der Waals surface area contributed by atoms with E-state index in [1.54, 1.807) is 21.6 Å². The summed E-state index contributed by atoms with van der Waals surface area (Å²) in [7, 11) is 2.23. The van der Waals surface area contributed by atoms with Gasteiger partial charge in [-0.15, -0.1) is 6.58 Å². The number of allylic oxidation sites excluding steroid dienone is 1. The Kier molecular flexibility index (Phi) is 5.35. The summed E-state index contributed by atoms with van der Waals surface area (Å²) in [6.07, 6.45) is 7.38. The lowest BCUT2D eigenvalue weighted by Gasteiger charge is -2.55. The van der Waals surface area contributed by atoms with Crippen LogP contribution in [0.2, 0.25) is 0 Å². The third kappa shape index (κ3) is 3.57. The number of aromatic nitrogens is 5. The van der Waals surface area contributed by atoms with E-state index < -0.39 is 5.60 Å². The molecule has 0 amide bonds. The van der Waals surface area contributed by atoms with Crippen molar-refractivity contribution in [3.63, 3.8) is 0 Å². The molecule has 10 nitrogen and oxygen atoms in total. The van der Waals surface area contributed by atoms with Crippen LogP contribution in [0.3, 0.4) is 0 Å². The highest BCUT2D eigenvalue weighted by molar-refractivity contribution is 5.77. The first-order chi connectivity index (χ1) is 20.2. The van der Waals surface area contributed by atoms with Crippen molar-refractivity contribution in [2.45, 2.75) is 63.8 Å². The molecule has 3 unspecified atom stereocenters. The van der Waals surface area contributed by atoms with E-state index in [1.165, 1.54) is 17.7 Å². The van der Waals surface area contributed by atoms with Gasteiger partial charge < -0.3 is 15.3 Å². The molecule has 1 spiro atoms. The zero-order valence-electron chi connectivity index (χ0n) is 24.3. The molecule has 4 aromatic rings. The van der Waals surface area contributed by atoms with Crippen molar-refractivity contribution in [1.29, 1.82) is 0 Å². The molecular formula is C32H36N8O2. The fourth-order valence-corrected chi connectivity index (χ4v) is 7.58. The van der Waals surface area contributed by atoms with Crippen LogP contribution in [0.4, 0.5) is 17.3 Å². The lowest BCUT2D eigenvalue weighted by atomic mass is 9.88. The minimum atomic E-state index is -0.999. The molecule has 42 heavy (non-hydrogen) atoms. The van der Waals surface area contributed by atoms with Gasteiger partial charge in [0, 0.05) is 48.2 Å². The number of aliphatic hydroxyl groups is 1. The summed E-state index contributed by atoms with van der Waals surface area (Å²) in [6.45, 7) is 10.3. The van der Waals surface area contributed by atoms with Crippen molar-refractivity contribution < 1.29 is 5.11 Å². The molecule has 3 atom stereocenters. The highest BCUT2D eigenvalue weighted by atomic mass is 16.3. The fourth-order valence-electron chi connectivity index (χ4n) is 7.58. The molecule has 1 aromatic carbocycles. The summed E-state index contributed by atoms with van der Waals surface area (Å²) in [5.41, 5.74) is 4.24. The maximum absolute atomic E-state index is 13.4. The molecular weight excluding hydrogens is 528 g/mol. The number of piperidine rings is 1. The SMILES string of the molecule is C=CCn1c(=O)c2cnc(Nc3ccc(N4CC5CC(C4)N5C)c(C)c3)nc2n1-c1ccc2c(n1)C(C)(O)C1(CC1)C2. The molecule has 3 saturated heterocycles. The van der Waals surface area contributed by atoms with Crippen LogP contribution < -0.4 is 15.8 Å². The average Bonchev–Trinajstić information content (AvgIpc) is 3.68. The van der Waals surface area contributed by atoms with Crippen LogP contribution in [0.5, 0.6) is 0 Å². The Balaban J connectivity index is 1.15. The number of nitrogens with zero attached hydrogens (tertiary/aromatic N) is 7. The molecule has 3 aromatic heterocycles. The normalized spacial score (nSPS) is 25.5. The van der Waals surface area contributed by atoms with Crippen LogP contribution in [0.15, 0.2) is 54.0 Å². The van der Waals surface area contributed by atoms with Gasteiger partial charge in [-0.3, -0.25) is 9.69 Å². The highest BCUT2D eigenvalue weighted by Gasteiger charge is 2.62. The second kappa shape index (κ2) is 8.75. The van der Waals surface area contributed by atoms with Gasteiger partial charge in [0.15, 0.2) is 11.5 Å². The first kappa shape index (κ1) is 25.7. The summed E-state index contributed by atoms with van der Waals surface area (Å²) < 4.78 is 3.30. The molecule has 3 aliphatic heterocycles. The third-order valence-electron chi connectivity index (χ3n) is 10.4. The van der Waals surface area contributed by atoms with Crippen molar-refractivity contribution in [2.24, 2.45) is 5.41 Å². The van der Waals surface area contributed by atoms with E-state index in [9.17, 15) is 9.90 Å². The van der Waals surface area contributed by atoms with Crippen molar-refractivity contribution >= 4 is 28.4 Å². The van der Waals surface area contributed by atoms with Crippen LogP contribution in [-0.4, -0.2) is 66.5 Å². The summed E-state index contributed by atoms with van der Waals surface area (Å²) >= 11 is 0. The van der Waals surface area contributed by atoms with Crippen LogP contribution in [0, 0.1) is 12.3 Å². The van der Waals surface area contributed by atoms with E-state index in [4.69, 9.17) is 9.97 Å². The summed E-state index contributed by atoms with van der Waals surface area (Å²) in [5.74, 6) is 0.931. The average molecular weight is 565 g/mol. The number of nitrogens with one attached hydrogen (secondary N) is 1. The number of aryl methyl sites for hydroxylation is 1. The Hall–Kier alpha value is -4.02. The van der Waals surface area contributed by atoms with Crippen LogP contribution in [0.25, 0.3) is 16.9 Å². The molecule has 2 N–H and O–H groups in total. The minimum absolute atomic E-state index is 0.113.